The second kappa shape index (κ2) is 8.59. The van der Waals surface area contributed by atoms with Crippen LogP contribution in [0.2, 0.25) is 0 Å². The fourth-order valence-corrected chi connectivity index (χ4v) is 3.87. The van der Waals surface area contributed by atoms with Crippen molar-refractivity contribution in [1.29, 1.82) is 5.41 Å². The van der Waals surface area contributed by atoms with Crippen molar-refractivity contribution >= 4 is 11.8 Å². The van der Waals surface area contributed by atoms with Crippen molar-refractivity contribution in [1.82, 2.24) is 25.1 Å². The molecular weight excluding hydrogens is 390 g/mol. The first-order valence-electron chi connectivity index (χ1n) is 10.2. The summed E-state index contributed by atoms with van der Waals surface area (Å²) in [5.74, 6) is 1.49. The molecule has 8 heteroatoms. The molecule has 2 heterocycles. The van der Waals surface area contributed by atoms with Crippen LogP contribution in [0.5, 0.6) is 5.75 Å². The molecule has 8 nitrogen and oxygen atoms in total. The highest BCUT2D eigenvalue weighted by Gasteiger charge is 2.26. The van der Waals surface area contributed by atoms with Crippen molar-refractivity contribution in [2.45, 2.75) is 26.2 Å². The van der Waals surface area contributed by atoms with Crippen molar-refractivity contribution in [3.05, 3.63) is 64.8 Å². The number of anilines is 1. The number of aryl methyl sites for hydroxylation is 3. The largest absolute Gasteiger partial charge is 0.496 e. The van der Waals surface area contributed by atoms with Crippen LogP contribution >= 0.6 is 0 Å². The maximum atomic E-state index is 8.15. The molecule has 0 saturated carbocycles. The predicted octanol–water partition coefficient (Wildman–Crippen LogP) is 3.09. The second-order valence-electron chi connectivity index (χ2n) is 7.56. The first-order chi connectivity index (χ1) is 15.0. The summed E-state index contributed by atoms with van der Waals surface area (Å²) in [6, 6.07) is 8.04. The van der Waals surface area contributed by atoms with Crippen LogP contribution < -0.4 is 15.4 Å². The van der Waals surface area contributed by atoms with E-state index in [-0.39, 0.29) is 5.84 Å². The number of methoxy groups -OCH3 is 1. The van der Waals surface area contributed by atoms with Crippen molar-refractivity contribution in [3.8, 4) is 17.0 Å². The maximum Gasteiger partial charge on any atom is 0.228 e. The highest BCUT2D eigenvalue weighted by molar-refractivity contribution is 6.00. The molecule has 0 unspecified atom stereocenters. The number of hydrogen-bond acceptors (Lipinski definition) is 6. The van der Waals surface area contributed by atoms with Crippen LogP contribution in [0.3, 0.4) is 0 Å². The Hall–Kier alpha value is -3.68. The van der Waals surface area contributed by atoms with Gasteiger partial charge in [-0.2, -0.15) is 5.10 Å². The number of para-hydroxylation sites is 1. The number of fused-ring (bicyclic) bond motifs is 3. The number of amidine groups is 1. The van der Waals surface area contributed by atoms with E-state index in [0.717, 1.165) is 58.1 Å². The van der Waals surface area contributed by atoms with Gasteiger partial charge in [0.1, 0.15) is 11.6 Å². The fraction of sp³-hybridized carbons (Fsp3) is 0.304. The lowest BCUT2D eigenvalue weighted by Crippen LogP contribution is -2.15. The summed E-state index contributed by atoms with van der Waals surface area (Å²) >= 11 is 0. The Morgan fingerprint density at radius 2 is 2.10 bits per heavy atom. The molecule has 0 spiro atoms. The van der Waals surface area contributed by atoms with Crippen LogP contribution in [0.4, 0.5) is 5.95 Å². The number of benzene rings is 1. The average molecular weight is 418 g/mol. The number of hydrogen-bond donors (Lipinski definition) is 3. The summed E-state index contributed by atoms with van der Waals surface area (Å²) in [7, 11) is 5.49. The van der Waals surface area contributed by atoms with Crippen LogP contribution in [0.15, 0.2) is 42.2 Å². The lowest BCUT2D eigenvalue weighted by atomic mass is 9.91. The molecule has 0 amide bonds. The van der Waals surface area contributed by atoms with E-state index in [1.807, 2.05) is 50.1 Å². The minimum atomic E-state index is 0.225. The molecule has 1 aliphatic rings. The van der Waals surface area contributed by atoms with Gasteiger partial charge in [0.2, 0.25) is 5.95 Å². The monoisotopic (exact) mass is 417 g/mol. The van der Waals surface area contributed by atoms with Gasteiger partial charge in [0.15, 0.2) is 0 Å². The van der Waals surface area contributed by atoms with Crippen LogP contribution in [0.25, 0.3) is 11.3 Å². The minimum Gasteiger partial charge on any atom is -0.496 e. The van der Waals surface area contributed by atoms with Crippen LogP contribution in [-0.4, -0.2) is 39.7 Å². The minimum absolute atomic E-state index is 0.225. The third-order valence-corrected chi connectivity index (χ3v) is 5.52. The Labute approximate surface area is 181 Å². The summed E-state index contributed by atoms with van der Waals surface area (Å²) in [4.78, 5) is 9.21. The lowest BCUT2D eigenvalue weighted by molar-refractivity contribution is 0.410. The van der Waals surface area contributed by atoms with Crippen molar-refractivity contribution in [3.63, 3.8) is 0 Å². The molecule has 3 aromatic rings. The third kappa shape index (κ3) is 4.14. The molecule has 3 N–H and O–H groups in total. The summed E-state index contributed by atoms with van der Waals surface area (Å²) in [6.07, 6.45) is 5.96. The highest BCUT2D eigenvalue weighted by Crippen LogP contribution is 2.36. The highest BCUT2D eigenvalue weighted by atomic mass is 16.5. The third-order valence-electron chi connectivity index (χ3n) is 5.52. The van der Waals surface area contributed by atoms with Crippen LogP contribution in [0.1, 0.15) is 29.4 Å². The van der Waals surface area contributed by atoms with Gasteiger partial charge >= 0.3 is 0 Å². The molecule has 0 atom stereocenters. The number of ether oxygens (including phenoxy) is 1. The summed E-state index contributed by atoms with van der Waals surface area (Å²) in [5.41, 5.74) is 7.17. The van der Waals surface area contributed by atoms with Gasteiger partial charge in [-0.25, -0.2) is 9.97 Å². The Morgan fingerprint density at radius 3 is 2.87 bits per heavy atom. The number of nitrogens with one attached hydrogen (secondary N) is 3. The first kappa shape index (κ1) is 20.6. The molecule has 4 rings (SSSR count). The molecule has 0 aliphatic heterocycles. The number of nitrogens with zero attached hydrogens (tertiary/aromatic N) is 4. The van der Waals surface area contributed by atoms with E-state index < -0.39 is 0 Å². The average Bonchev–Trinajstić information content (AvgIpc) is 3.09. The van der Waals surface area contributed by atoms with E-state index in [4.69, 9.17) is 20.2 Å². The summed E-state index contributed by atoms with van der Waals surface area (Å²) < 4.78 is 7.50. The van der Waals surface area contributed by atoms with Gasteiger partial charge in [0.25, 0.3) is 0 Å². The Bertz CT molecular complexity index is 1160. The van der Waals surface area contributed by atoms with Crippen molar-refractivity contribution < 1.29 is 4.74 Å². The molecule has 1 aliphatic carbocycles. The van der Waals surface area contributed by atoms with Crippen LogP contribution in [-0.2, 0) is 26.3 Å². The molecule has 0 fully saturated rings. The van der Waals surface area contributed by atoms with Gasteiger partial charge in [-0.1, -0.05) is 18.2 Å². The van der Waals surface area contributed by atoms with Crippen molar-refractivity contribution in [2.24, 2.45) is 7.05 Å². The SMILES string of the molecule is CN/C(C)=C\C(=N)Nc1ncc2c(n1)-c1c(nn(C)c1Cc1ccccc1OC)CC2. The van der Waals surface area contributed by atoms with E-state index >= 15 is 0 Å². The standard InChI is InChI=1S/C23H27N7O/c1-14(25-2)11-20(24)27-23-26-13-16-9-10-17-21(22(16)28-23)18(30(3)29-17)12-15-7-5-6-8-19(15)31-4/h5-8,11,13,25H,9-10,12H2,1-4H3,(H2,24,26,27,28)/b14-11-. The molecule has 1 aromatic carbocycles. The van der Waals surface area contributed by atoms with Crippen molar-refractivity contribution in [2.75, 3.05) is 19.5 Å². The predicted molar refractivity (Wildman–Crippen MR) is 122 cm³/mol. The van der Waals surface area contributed by atoms with Gasteiger partial charge < -0.3 is 15.4 Å². The number of rotatable bonds is 6. The smallest absolute Gasteiger partial charge is 0.228 e. The molecule has 0 saturated heterocycles. The van der Waals surface area contributed by atoms with Gasteiger partial charge in [-0.05, 0) is 37.5 Å². The zero-order valence-electron chi connectivity index (χ0n) is 18.3. The summed E-state index contributed by atoms with van der Waals surface area (Å²) in [5, 5.41) is 18.9. The maximum absolute atomic E-state index is 8.15. The lowest BCUT2D eigenvalue weighted by Gasteiger charge is -2.17. The second-order valence-corrected chi connectivity index (χ2v) is 7.56. The Morgan fingerprint density at radius 1 is 1.29 bits per heavy atom. The Balaban J connectivity index is 1.72. The molecule has 31 heavy (non-hydrogen) atoms. The van der Waals surface area contributed by atoms with Gasteiger partial charge in [0.05, 0.1) is 24.2 Å². The number of allylic oxidation sites excluding steroid dienone is 1. The molecule has 2 aromatic heterocycles. The topological polar surface area (TPSA) is 101 Å². The van der Waals surface area contributed by atoms with E-state index in [1.165, 1.54) is 0 Å². The van der Waals surface area contributed by atoms with E-state index in [1.54, 1.807) is 13.2 Å². The van der Waals surface area contributed by atoms with Crippen LogP contribution in [0, 0.1) is 5.41 Å². The number of aromatic nitrogens is 4. The summed E-state index contributed by atoms with van der Waals surface area (Å²) in [6.45, 7) is 1.90. The van der Waals surface area contributed by atoms with Gasteiger partial charge in [-0.15, -0.1) is 0 Å². The van der Waals surface area contributed by atoms with E-state index in [2.05, 4.69) is 21.7 Å². The van der Waals surface area contributed by atoms with E-state index in [9.17, 15) is 0 Å². The Kier molecular flexibility index (Phi) is 5.70. The molecule has 160 valence electrons. The normalized spacial score (nSPS) is 12.7. The molecular formula is C23H27N7O. The van der Waals surface area contributed by atoms with E-state index in [0.29, 0.717) is 12.4 Å². The quantitative estimate of drug-likeness (QED) is 0.421. The zero-order chi connectivity index (χ0) is 22.0. The molecule has 0 bridgehead atoms. The zero-order valence-corrected chi connectivity index (χ0v) is 18.3. The van der Waals surface area contributed by atoms with Gasteiger partial charge in [0, 0.05) is 43.5 Å². The molecule has 0 radical (unpaired) electrons. The fourth-order valence-electron chi connectivity index (χ4n) is 3.87. The van der Waals surface area contributed by atoms with Gasteiger partial charge in [-0.3, -0.25) is 10.1 Å². The first-order valence-corrected chi connectivity index (χ1v) is 10.2.